The van der Waals surface area contributed by atoms with Crippen LogP contribution >= 0.6 is 0 Å². The lowest BCUT2D eigenvalue weighted by Crippen LogP contribution is -3.00. The van der Waals surface area contributed by atoms with Gasteiger partial charge in [-0.3, -0.25) is 19.0 Å². The van der Waals surface area contributed by atoms with E-state index in [9.17, 15) is 28.0 Å². The van der Waals surface area contributed by atoms with Crippen molar-refractivity contribution in [3.63, 3.8) is 0 Å². The number of halogens is 4. The van der Waals surface area contributed by atoms with E-state index in [4.69, 9.17) is 0 Å². The fraction of sp³-hybridized carbons (Fsp3) is 0.378. The zero-order valence-corrected chi connectivity index (χ0v) is 31.2. The van der Waals surface area contributed by atoms with E-state index < -0.39 is 23.2 Å². The number of rotatable bonds is 9. The number of quaternary nitrogens is 1. The van der Waals surface area contributed by atoms with Crippen LogP contribution < -0.4 is 27.9 Å². The number of carbonyl (C=O) groups is 1. The molecular weight excluding hydrogens is 739 g/mol. The van der Waals surface area contributed by atoms with Crippen LogP contribution in [0.4, 0.5) is 13.2 Å². The molecule has 0 aliphatic heterocycles. The number of aryl methyl sites for hydroxylation is 2. The fourth-order valence-corrected chi connectivity index (χ4v) is 7.33. The van der Waals surface area contributed by atoms with Crippen molar-refractivity contribution in [3.05, 3.63) is 105 Å². The first-order chi connectivity index (χ1) is 24.1. The second-order valence-electron chi connectivity index (χ2n) is 14.1. The molecule has 1 saturated carbocycles. The molecule has 3 aromatic heterocycles. The topological polar surface area (TPSA) is 115 Å². The van der Waals surface area contributed by atoms with Crippen molar-refractivity contribution in [3.8, 4) is 28.8 Å². The Balaban J connectivity index is 0.00000523. The van der Waals surface area contributed by atoms with Gasteiger partial charge in [0.25, 0.3) is 11.5 Å². The number of hydrogen-bond acceptors (Lipinski definition) is 5. The summed E-state index contributed by atoms with van der Waals surface area (Å²) in [4.78, 5) is 28.3. The molecule has 0 bridgehead atoms. The Bertz CT molecular complexity index is 2160. The van der Waals surface area contributed by atoms with Gasteiger partial charge < -0.3 is 26.8 Å². The van der Waals surface area contributed by atoms with Gasteiger partial charge in [0.15, 0.2) is 0 Å². The molecule has 2 aromatic carbocycles. The molecular formula is C37H41BrF3N9O2. The predicted molar refractivity (Wildman–Crippen MR) is 185 cm³/mol. The van der Waals surface area contributed by atoms with E-state index in [1.165, 1.54) is 40.4 Å². The molecule has 1 amide bonds. The van der Waals surface area contributed by atoms with E-state index in [-0.39, 0.29) is 40.0 Å². The van der Waals surface area contributed by atoms with Gasteiger partial charge in [-0.2, -0.15) is 28.6 Å². The maximum absolute atomic E-state index is 14.2. The molecule has 0 unspecified atom stereocenters. The van der Waals surface area contributed by atoms with Crippen LogP contribution in [0.1, 0.15) is 58.6 Å². The van der Waals surface area contributed by atoms with Crippen LogP contribution in [0.3, 0.4) is 0 Å². The highest BCUT2D eigenvalue weighted by Crippen LogP contribution is 2.32. The van der Waals surface area contributed by atoms with Gasteiger partial charge in [0.1, 0.15) is 17.8 Å². The minimum Gasteiger partial charge on any atom is -1.00 e. The Morgan fingerprint density at radius 1 is 1.02 bits per heavy atom. The molecule has 0 saturated heterocycles. The quantitative estimate of drug-likeness (QED) is 0.231. The monoisotopic (exact) mass is 779 g/mol. The van der Waals surface area contributed by atoms with Crippen molar-refractivity contribution in [2.24, 2.45) is 20.0 Å². The first-order valence-corrected chi connectivity index (χ1v) is 16.8. The highest BCUT2D eigenvalue weighted by Gasteiger charge is 2.34. The second kappa shape index (κ2) is 15.0. The number of alkyl halides is 3. The number of nitrogens with one attached hydrogen (secondary N) is 1. The normalized spacial score (nSPS) is 16.3. The summed E-state index contributed by atoms with van der Waals surface area (Å²) < 4.78 is 47.9. The maximum Gasteiger partial charge on any atom is 0.416 e. The number of amides is 1. The van der Waals surface area contributed by atoms with Gasteiger partial charge in [-0.15, -0.1) is 0 Å². The Morgan fingerprint density at radius 3 is 2.33 bits per heavy atom. The van der Waals surface area contributed by atoms with Gasteiger partial charge >= 0.3 is 6.18 Å². The van der Waals surface area contributed by atoms with Gasteiger partial charge in [0.05, 0.1) is 72.5 Å². The van der Waals surface area contributed by atoms with Gasteiger partial charge in [0, 0.05) is 26.1 Å². The Morgan fingerprint density at radius 2 is 1.71 bits per heavy atom. The molecule has 0 radical (unpaired) electrons. The standard InChI is InChI=1S/C37H40F3N9O2.BrH/c1-24-19-31(45(2)44-24)23-49(4,5)22-26-9-13-28(14-10-26)43-35(50)33-34(32-17-18-42-47(32)29-15-11-25(21-41)12-16-29)46(3)48(36(33)51)30-8-6-7-27(20-30)37(38,39)40;/h6-8,11-12,15-20,26,28H,9-10,13-14,22-23H2,1-5H3;1H. The van der Waals surface area contributed by atoms with Gasteiger partial charge in [-0.25, -0.2) is 9.36 Å². The first-order valence-electron chi connectivity index (χ1n) is 16.8. The average molecular weight is 781 g/mol. The highest BCUT2D eigenvalue weighted by molar-refractivity contribution is 6.00. The molecule has 6 rings (SSSR count). The molecule has 0 atom stereocenters. The Labute approximate surface area is 310 Å². The number of hydrogen-bond donors (Lipinski definition) is 1. The van der Waals surface area contributed by atoms with E-state index in [1.54, 1.807) is 30.3 Å². The smallest absolute Gasteiger partial charge is 0.416 e. The third kappa shape index (κ3) is 7.93. The van der Waals surface area contributed by atoms with Crippen LogP contribution in [0.2, 0.25) is 0 Å². The lowest BCUT2D eigenvalue weighted by molar-refractivity contribution is -0.907. The van der Waals surface area contributed by atoms with Crippen LogP contribution in [0.5, 0.6) is 0 Å². The molecule has 1 aliphatic carbocycles. The maximum atomic E-state index is 14.2. The summed E-state index contributed by atoms with van der Waals surface area (Å²) in [7, 11) is 7.92. The van der Waals surface area contributed by atoms with Crippen molar-refractivity contribution < 1.29 is 39.4 Å². The van der Waals surface area contributed by atoms with Gasteiger partial charge in [-0.1, -0.05) is 6.07 Å². The van der Waals surface area contributed by atoms with E-state index in [0.717, 1.165) is 65.8 Å². The second-order valence-corrected chi connectivity index (χ2v) is 14.1. The molecule has 1 fully saturated rings. The minimum atomic E-state index is -4.63. The summed E-state index contributed by atoms with van der Waals surface area (Å²) >= 11 is 0. The first kappa shape index (κ1) is 38.3. The molecule has 0 spiro atoms. The van der Waals surface area contributed by atoms with Crippen LogP contribution in [-0.4, -0.2) is 66.0 Å². The summed E-state index contributed by atoms with van der Waals surface area (Å²) in [5.74, 6) is -0.148. The molecule has 11 nitrogen and oxygen atoms in total. The van der Waals surface area contributed by atoms with Crippen LogP contribution in [-0.2, 0) is 26.8 Å². The largest absolute Gasteiger partial charge is 1.00 e. The molecule has 274 valence electrons. The lowest BCUT2D eigenvalue weighted by atomic mass is 9.85. The van der Waals surface area contributed by atoms with E-state index >= 15 is 0 Å². The Kier molecular flexibility index (Phi) is 11.0. The van der Waals surface area contributed by atoms with Crippen LogP contribution in [0.15, 0.2) is 71.7 Å². The molecule has 1 aliphatic rings. The van der Waals surface area contributed by atoms with Crippen molar-refractivity contribution in [2.45, 2.75) is 51.4 Å². The molecule has 3 heterocycles. The zero-order valence-electron chi connectivity index (χ0n) is 29.7. The summed E-state index contributed by atoms with van der Waals surface area (Å²) in [6.45, 7) is 3.80. The van der Waals surface area contributed by atoms with Crippen molar-refractivity contribution >= 4 is 5.91 Å². The SMILES string of the molecule is Cc1cc(C[N+](C)(C)CC2CCC(NC(=O)c3c(-c4ccnn4-c4ccc(C#N)cc4)n(C)n(-c4cccc(C(F)(F)F)c4)c3=O)CC2)n(C)n1.[Br-]. The van der Waals surface area contributed by atoms with Gasteiger partial charge in [0.2, 0.25) is 0 Å². The molecule has 1 N–H and O–H groups in total. The summed E-state index contributed by atoms with van der Waals surface area (Å²) in [6, 6.07) is 16.7. The van der Waals surface area contributed by atoms with Crippen molar-refractivity contribution in [2.75, 3.05) is 20.6 Å². The number of carbonyl (C=O) groups excluding carboxylic acids is 1. The fourth-order valence-electron chi connectivity index (χ4n) is 7.33. The summed E-state index contributed by atoms with van der Waals surface area (Å²) in [5.41, 5.74) is 1.83. The third-order valence-corrected chi connectivity index (χ3v) is 9.66. The van der Waals surface area contributed by atoms with E-state index in [2.05, 4.69) is 41.7 Å². The van der Waals surface area contributed by atoms with E-state index in [1.807, 2.05) is 18.7 Å². The third-order valence-electron chi connectivity index (χ3n) is 9.66. The average Bonchev–Trinajstić information content (AvgIpc) is 3.75. The van der Waals surface area contributed by atoms with Crippen LogP contribution in [0, 0.1) is 24.2 Å². The van der Waals surface area contributed by atoms with Crippen molar-refractivity contribution in [1.82, 2.24) is 34.2 Å². The van der Waals surface area contributed by atoms with E-state index in [0.29, 0.717) is 22.9 Å². The minimum absolute atomic E-state index is 0. The molecule has 5 aromatic rings. The number of nitriles is 1. The summed E-state index contributed by atoms with van der Waals surface area (Å²) in [6.07, 6.45) is 0.143. The molecule has 52 heavy (non-hydrogen) atoms. The van der Waals surface area contributed by atoms with Crippen LogP contribution in [0.25, 0.3) is 22.8 Å². The summed E-state index contributed by atoms with van der Waals surface area (Å²) in [5, 5.41) is 21.3. The van der Waals surface area contributed by atoms with Crippen molar-refractivity contribution in [1.29, 1.82) is 5.26 Å². The number of benzene rings is 2. The zero-order chi connectivity index (χ0) is 36.7. The molecule has 15 heteroatoms. The van der Waals surface area contributed by atoms with Gasteiger partial charge in [-0.05, 0) is 87.2 Å². The highest BCUT2D eigenvalue weighted by atomic mass is 79.9. The Hall–Kier alpha value is -4.94. The number of aromatic nitrogens is 6. The number of nitrogens with zero attached hydrogens (tertiary/aromatic N) is 8. The lowest BCUT2D eigenvalue weighted by Gasteiger charge is -2.36. The predicted octanol–water partition coefficient (Wildman–Crippen LogP) is 2.53.